The van der Waals surface area contributed by atoms with E-state index in [9.17, 15) is 19.5 Å². The van der Waals surface area contributed by atoms with Crippen molar-refractivity contribution in [2.75, 3.05) is 4.90 Å². The van der Waals surface area contributed by atoms with Crippen LogP contribution in [0, 0.1) is 5.92 Å². The molecule has 2 aromatic carbocycles. The number of nitrogens with one attached hydrogen (secondary N) is 1. The molecule has 3 atom stereocenters. The van der Waals surface area contributed by atoms with Crippen molar-refractivity contribution in [3.05, 3.63) is 74.7 Å². The molecule has 3 aromatic rings. The molecule has 0 saturated carbocycles. The summed E-state index contributed by atoms with van der Waals surface area (Å²) in [5, 5.41) is 9.68. The number of hydrogen-bond acceptors (Lipinski definition) is 6. The molecule has 6 nitrogen and oxygen atoms in total. The highest BCUT2D eigenvalue weighted by atomic mass is 32.2. The fourth-order valence-corrected chi connectivity index (χ4v) is 6.40. The zero-order valence-electron chi connectivity index (χ0n) is 14.4. The van der Waals surface area contributed by atoms with Crippen LogP contribution in [0.4, 0.5) is 5.69 Å². The van der Waals surface area contributed by atoms with Gasteiger partial charge in [0.05, 0.1) is 16.6 Å². The SMILES string of the molecule is O=C1C2Sc3[nH]c(=O)sc3C(c3ccc(O)cc3)C2C(=O)N1c1ccccc1. The topological polar surface area (TPSA) is 90.5 Å². The molecule has 2 aliphatic rings. The van der Waals surface area contributed by atoms with Gasteiger partial charge in [-0.1, -0.05) is 53.4 Å². The maximum atomic E-state index is 13.4. The summed E-state index contributed by atoms with van der Waals surface area (Å²) in [5.41, 5.74) is 1.34. The number of H-pyrrole nitrogens is 1. The number of benzene rings is 2. The van der Waals surface area contributed by atoms with Gasteiger partial charge in [0.2, 0.25) is 11.8 Å². The van der Waals surface area contributed by atoms with E-state index in [1.54, 1.807) is 48.5 Å². The van der Waals surface area contributed by atoms with Crippen molar-refractivity contribution in [1.82, 2.24) is 4.98 Å². The Balaban J connectivity index is 1.66. The maximum Gasteiger partial charge on any atom is 0.305 e. The fourth-order valence-electron chi connectivity index (χ4n) is 3.89. The first-order valence-electron chi connectivity index (χ1n) is 8.66. The highest BCUT2D eigenvalue weighted by Gasteiger charge is 2.56. The zero-order chi connectivity index (χ0) is 19.4. The van der Waals surface area contributed by atoms with Crippen LogP contribution in [-0.2, 0) is 9.59 Å². The number of fused-ring (bicyclic) bond motifs is 2. The first kappa shape index (κ1) is 17.3. The summed E-state index contributed by atoms with van der Waals surface area (Å²) >= 11 is 2.32. The van der Waals surface area contributed by atoms with E-state index >= 15 is 0 Å². The third-order valence-electron chi connectivity index (χ3n) is 5.09. The third kappa shape index (κ3) is 2.52. The number of hydrogen-bond donors (Lipinski definition) is 2. The number of aromatic hydroxyl groups is 1. The van der Waals surface area contributed by atoms with Gasteiger partial charge in [0.15, 0.2) is 0 Å². The molecule has 28 heavy (non-hydrogen) atoms. The number of thioether (sulfide) groups is 1. The van der Waals surface area contributed by atoms with Crippen LogP contribution < -0.4 is 9.77 Å². The first-order valence-corrected chi connectivity index (χ1v) is 10.4. The number of carbonyl (C=O) groups is 2. The van der Waals surface area contributed by atoms with Crippen molar-refractivity contribution in [1.29, 1.82) is 0 Å². The normalized spacial score (nSPS) is 23.6. The van der Waals surface area contributed by atoms with E-state index < -0.39 is 17.1 Å². The van der Waals surface area contributed by atoms with E-state index in [4.69, 9.17) is 0 Å². The molecule has 0 spiro atoms. The minimum Gasteiger partial charge on any atom is -0.508 e. The Kier molecular flexibility index (Phi) is 3.92. The molecule has 2 N–H and O–H groups in total. The number of thiazole rings is 1. The average molecular weight is 410 g/mol. The summed E-state index contributed by atoms with van der Waals surface area (Å²) in [6.45, 7) is 0. The van der Waals surface area contributed by atoms with Crippen molar-refractivity contribution in [2.45, 2.75) is 16.2 Å². The smallest absolute Gasteiger partial charge is 0.305 e. The van der Waals surface area contributed by atoms with Gasteiger partial charge in [-0.05, 0) is 29.8 Å². The molecule has 2 amide bonds. The van der Waals surface area contributed by atoms with Gasteiger partial charge in [0, 0.05) is 10.8 Å². The number of phenols is 1. The molecule has 0 bridgehead atoms. The van der Waals surface area contributed by atoms with Crippen molar-refractivity contribution >= 4 is 40.6 Å². The maximum absolute atomic E-state index is 13.4. The zero-order valence-corrected chi connectivity index (χ0v) is 16.0. The monoisotopic (exact) mass is 410 g/mol. The van der Waals surface area contributed by atoms with Crippen LogP contribution in [0.1, 0.15) is 16.4 Å². The molecule has 1 aromatic heterocycles. The lowest BCUT2D eigenvalue weighted by molar-refractivity contribution is -0.122. The predicted octanol–water partition coefficient (Wildman–Crippen LogP) is 2.94. The number of amides is 2. The quantitative estimate of drug-likeness (QED) is 0.634. The van der Waals surface area contributed by atoms with Crippen LogP contribution in [-0.4, -0.2) is 27.2 Å². The molecule has 3 unspecified atom stereocenters. The van der Waals surface area contributed by atoms with Crippen LogP contribution in [0.15, 0.2) is 64.4 Å². The Bertz CT molecular complexity index is 1140. The minimum atomic E-state index is -0.610. The second kappa shape index (κ2) is 6.35. The number of rotatable bonds is 2. The Morgan fingerprint density at radius 2 is 1.64 bits per heavy atom. The highest BCUT2D eigenvalue weighted by Crippen LogP contribution is 2.53. The van der Waals surface area contributed by atoms with E-state index in [0.717, 1.165) is 21.8 Å². The second-order valence-corrected chi connectivity index (χ2v) is 8.86. The van der Waals surface area contributed by atoms with Crippen LogP contribution in [0.2, 0.25) is 0 Å². The summed E-state index contributed by atoms with van der Waals surface area (Å²) in [6.07, 6.45) is 0. The van der Waals surface area contributed by atoms with E-state index in [2.05, 4.69) is 4.98 Å². The van der Waals surface area contributed by atoms with E-state index in [1.165, 1.54) is 16.7 Å². The molecule has 0 radical (unpaired) electrons. The average Bonchev–Trinajstić information content (AvgIpc) is 3.18. The molecule has 5 rings (SSSR count). The van der Waals surface area contributed by atoms with Crippen molar-refractivity contribution in [3.8, 4) is 5.75 Å². The molecule has 3 heterocycles. The van der Waals surface area contributed by atoms with Gasteiger partial charge in [-0.15, -0.1) is 0 Å². The third-order valence-corrected chi connectivity index (χ3v) is 7.49. The molecular weight excluding hydrogens is 396 g/mol. The molecule has 2 aliphatic heterocycles. The van der Waals surface area contributed by atoms with Crippen molar-refractivity contribution < 1.29 is 14.7 Å². The summed E-state index contributed by atoms with van der Waals surface area (Å²) < 4.78 is 0. The summed E-state index contributed by atoms with van der Waals surface area (Å²) in [6, 6.07) is 15.5. The predicted molar refractivity (Wildman–Crippen MR) is 107 cm³/mol. The number of phenolic OH excluding ortho intramolecular Hbond substituents is 1. The number of aromatic amines is 1. The molecule has 8 heteroatoms. The second-order valence-electron chi connectivity index (χ2n) is 6.69. The number of anilines is 1. The summed E-state index contributed by atoms with van der Waals surface area (Å²) in [5.74, 6) is -1.45. The first-order chi connectivity index (χ1) is 13.5. The number of para-hydroxylation sites is 1. The fraction of sp³-hybridized carbons (Fsp3) is 0.150. The molecule has 0 aliphatic carbocycles. The number of nitrogens with zero attached hydrogens (tertiary/aromatic N) is 1. The van der Waals surface area contributed by atoms with Crippen molar-refractivity contribution in [3.63, 3.8) is 0 Å². The molecule has 1 saturated heterocycles. The molecule has 1 fully saturated rings. The lowest BCUT2D eigenvalue weighted by Crippen LogP contribution is -2.32. The van der Waals surface area contributed by atoms with E-state index in [1.807, 2.05) is 6.07 Å². The number of imide groups is 1. The van der Waals surface area contributed by atoms with Crippen LogP contribution in [0.25, 0.3) is 0 Å². The Labute approximate surface area is 167 Å². The number of aromatic nitrogens is 1. The van der Waals surface area contributed by atoms with Gasteiger partial charge in [-0.25, -0.2) is 4.90 Å². The summed E-state index contributed by atoms with van der Waals surface area (Å²) in [7, 11) is 0. The van der Waals surface area contributed by atoms with Gasteiger partial charge in [-0.3, -0.25) is 14.4 Å². The lowest BCUT2D eigenvalue weighted by atomic mass is 9.83. The van der Waals surface area contributed by atoms with Crippen LogP contribution in [0.5, 0.6) is 5.75 Å². The largest absolute Gasteiger partial charge is 0.508 e. The Morgan fingerprint density at radius 1 is 0.929 bits per heavy atom. The molecule has 140 valence electrons. The van der Waals surface area contributed by atoms with Gasteiger partial charge in [0.1, 0.15) is 11.0 Å². The van der Waals surface area contributed by atoms with E-state index in [-0.39, 0.29) is 22.4 Å². The van der Waals surface area contributed by atoms with E-state index in [0.29, 0.717) is 10.7 Å². The van der Waals surface area contributed by atoms with Crippen LogP contribution in [0.3, 0.4) is 0 Å². The summed E-state index contributed by atoms with van der Waals surface area (Å²) in [4.78, 5) is 43.1. The standard InChI is InChI=1S/C20H14N2O4S2/c23-12-8-6-10(7-9-12)13-14-16(27-17-15(13)28-20(26)21-17)19(25)22(18(14)24)11-4-2-1-3-5-11/h1-9,13-14,16,23H,(H,21,26). The Hall–Kier alpha value is -2.84. The Morgan fingerprint density at radius 3 is 2.36 bits per heavy atom. The van der Waals surface area contributed by atoms with Gasteiger partial charge >= 0.3 is 4.87 Å². The minimum absolute atomic E-state index is 0.118. The number of carbonyl (C=O) groups excluding carboxylic acids is 2. The van der Waals surface area contributed by atoms with Gasteiger partial charge in [0.25, 0.3) is 0 Å². The lowest BCUT2D eigenvalue weighted by Gasteiger charge is -2.29. The van der Waals surface area contributed by atoms with Crippen molar-refractivity contribution in [2.24, 2.45) is 5.92 Å². The highest BCUT2D eigenvalue weighted by molar-refractivity contribution is 8.00. The van der Waals surface area contributed by atoms with Gasteiger partial charge < -0.3 is 10.1 Å². The van der Waals surface area contributed by atoms with Crippen LogP contribution >= 0.6 is 23.1 Å². The van der Waals surface area contributed by atoms with Gasteiger partial charge in [-0.2, -0.15) is 0 Å². The molecular formula is C20H14N2O4S2.